The van der Waals surface area contributed by atoms with Gasteiger partial charge in [-0.05, 0) is 78.0 Å². The molecule has 1 N–H and O–H groups in total. The molecule has 4 aromatic carbocycles. The molecule has 4 aromatic rings. The van der Waals surface area contributed by atoms with Crippen LogP contribution in [0.2, 0.25) is 0 Å². The molecular weight excluding hydrogens is 512 g/mol. The van der Waals surface area contributed by atoms with Gasteiger partial charge in [-0.15, -0.1) is 0 Å². The summed E-state index contributed by atoms with van der Waals surface area (Å²) in [5, 5.41) is 2.60. The first-order valence-corrected chi connectivity index (χ1v) is 12.5. The van der Waals surface area contributed by atoms with Gasteiger partial charge in [0.1, 0.15) is 23.7 Å². The van der Waals surface area contributed by atoms with E-state index in [2.05, 4.69) is 5.32 Å². The third-order valence-corrected chi connectivity index (χ3v) is 6.20. The van der Waals surface area contributed by atoms with E-state index in [0.717, 1.165) is 5.56 Å². The number of thiocarbonyl (C=S) groups is 1. The van der Waals surface area contributed by atoms with Crippen molar-refractivity contribution in [1.82, 2.24) is 5.32 Å². The van der Waals surface area contributed by atoms with Crippen molar-refractivity contribution in [3.05, 3.63) is 120 Å². The largest absolute Gasteiger partial charge is 0.493 e. The third kappa shape index (κ3) is 5.97. The van der Waals surface area contributed by atoms with Crippen molar-refractivity contribution < 1.29 is 23.8 Å². The highest BCUT2D eigenvalue weighted by atomic mass is 32.1. The molecule has 7 nitrogen and oxygen atoms in total. The number of methoxy groups -OCH3 is 1. The van der Waals surface area contributed by atoms with Crippen molar-refractivity contribution in [1.29, 1.82) is 0 Å². The van der Waals surface area contributed by atoms with E-state index in [4.69, 9.17) is 26.4 Å². The average molecular weight is 537 g/mol. The number of hydrogen-bond acceptors (Lipinski definition) is 6. The van der Waals surface area contributed by atoms with Crippen LogP contribution in [0.15, 0.2) is 109 Å². The summed E-state index contributed by atoms with van der Waals surface area (Å²) in [5.74, 6) is 1.20. The number of para-hydroxylation sites is 1. The highest BCUT2D eigenvalue weighted by Gasteiger charge is 2.34. The van der Waals surface area contributed by atoms with Crippen molar-refractivity contribution in [2.24, 2.45) is 0 Å². The first-order valence-electron chi connectivity index (χ1n) is 12.1. The number of nitrogens with zero attached hydrogens (tertiary/aromatic N) is 1. The minimum atomic E-state index is -0.575. The van der Waals surface area contributed by atoms with Crippen molar-refractivity contribution in [2.45, 2.75) is 6.61 Å². The van der Waals surface area contributed by atoms with Crippen LogP contribution in [0.3, 0.4) is 0 Å². The lowest BCUT2D eigenvalue weighted by Crippen LogP contribution is -2.54. The maximum atomic E-state index is 13.4. The van der Waals surface area contributed by atoms with E-state index in [0.29, 0.717) is 40.9 Å². The number of benzene rings is 4. The summed E-state index contributed by atoms with van der Waals surface area (Å²) < 4.78 is 17.2. The number of carbonyl (C=O) groups is 2. The second kappa shape index (κ2) is 11.6. The highest BCUT2D eigenvalue weighted by molar-refractivity contribution is 7.80. The molecular formula is C31H24N2O5S. The molecule has 0 bridgehead atoms. The molecule has 0 aliphatic carbocycles. The minimum absolute atomic E-state index is 0.00104. The van der Waals surface area contributed by atoms with E-state index in [1.54, 1.807) is 42.5 Å². The lowest BCUT2D eigenvalue weighted by atomic mass is 10.1. The lowest BCUT2D eigenvalue weighted by Gasteiger charge is -2.29. The predicted octanol–water partition coefficient (Wildman–Crippen LogP) is 5.90. The van der Waals surface area contributed by atoms with Gasteiger partial charge >= 0.3 is 0 Å². The van der Waals surface area contributed by atoms with Crippen LogP contribution in [0.4, 0.5) is 5.69 Å². The third-order valence-electron chi connectivity index (χ3n) is 5.91. The number of anilines is 1. The van der Waals surface area contributed by atoms with Crippen molar-refractivity contribution in [2.75, 3.05) is 12.0 Å². The van der Waals surface area contributed by atoms with Crippen molar-refractivity contribution >= 4 is 40.9 Å². The second-order valence-electron chi connectivity index (χ2n) is 8.55. The summed E-state index contributed by atoms with van der Waals surface area (Å²) in [6, 6.07) is 31.2. The van der Waals surface area contributed by atoms with Crippen LogP contribution in [0.1, 0.15) is 11.1 Å². The number of carbonyl (C=O) groups excluding carboxylic acids is 2. The summed E-state index contributed by atoms with van der Waals surface area (Å²) in [4.78, 5) is 27.5. The first-order chi connectivity index (χ1) is 19.0. The van der Waals surface area contributed by atoms with Gasteiger partial charge in [0.25, 0.3) is 11.8 Å². The summed E-state index contributed by atoms with van der Waals surface area (Å²) in [6.45, 7) is 0.375. The molecule has 0 spiro atoms. The Kier molecular flexibility index (Phi) is 7.65. The maximum Gasteiger partial charge on any atom is 0.270 e. The minimum Gasteiger partial charge on any atom is -0.493 e. The van der Waals surface area contributed by atoms with E-state index in [-0.39, 0.29) is 10.7 Å². The molecule has 5 rings (SSSR count). The summed E-state index contributed by atoms with van der Waals surface area (Å²) in [6.07, 6.45) is 1.50. The molecule has 194 valence electrons. The Hall–Kier alpha value is -4.95. The number of nitrogens with one attached hydrogen (secondary N) is 1. The molecule has 1 aliphatic heterocycles. The van der Waals surface area contributed by atoms with Crippen LogP contribution in [0.5, 0.6) is 23.0 Å². The fourth-order valence-corrected chi connectivity index (χ4v) is 4.26. The van der Waals surface area contributed by atoms with Crippen molar-refractivity contribution in [3.63, 3.8) is 0 Å². The zero-order valence-electron chi connectivity index (χ0n) is 21.0. The van der Waals surface area contributed by atoms with Gasteiger partial charge in [-0.3, -0.25) is 19.8 Å². The molecule has 1 heterocycles. The lowest BCUT2D eigenvalue weighted by molar-refractivity contribution is -0.122. The average Bonchev–Trinajstić information content (AvgIpc) is 2.96. The first kappa shape index (κ1) is 25.7. The number of rotatable bonds is 8. The van der Waals surface area contributed by atoms with Gasteiger partial charge in [0.15, 0.2) is 16.6 Å². The van der Waals surface area contributed by atoms with Gasteiger partial charge in [0.05, 0.1) is 12.8 Å². The molecule has 0 saturated carbocycles. The molecule has 8 heteroatoms. The van der Waals surface area contributed by atoms with Crippen LogP contribution in [-0.4, -0.2) is 24.0 Å². The highest BCUT2D eigenvalue weighted by Crippen LogP contribution is 2.31. The standard InChI is InChI=1S/C31H24N2O5S/c1-36-28-19-22(12-17-27(28)37-20-21-8-4-2-5-9-21)18-26-29(34)32-31(39)33(30(26)35)23-13-15-25(16-14-23)38-24-10-6-3-7-11-24/h2-19H,20H2,1H3,(H,32,34,39). The summed E-state index contributed by atoms with van der Waals surface area (Å²) >= 11 is 5.32. The van der Waals surface area contributed by atoms with Gasteiger partial charge < -0.3 is 14.2 Å². The zero-order chi connectivity index (χ0) is 27.2. The van der Waals surface area contributed by atoms with E-state index in [1.807, 2.05) is 60.7 Å². The topological polar surface area (TPSA) is 77.1 Å². The quantitative estimate of drug-likeness (QED) is 0.172. The number of hydrogen-bond donors (Lipinski definition) is 1. The zero-order valence-corrected chi connectivity index (χ0v) is 21.8. The Morgan fingerprint density at radius 3 is 2.18 bits per heavy atom. The molecule has 0 aromatic heterocycles. The Balaban J connectivity index is 1.35. The number of ether oxygens (including phenoxy) is 3. The van der Waals surface area contributed by atoms with Gasteiger partial charge in [0.2, 0.25) is 0 Å². The van der Waals surface area contributed by atoms with Crippen LogP contribution in [0, 0.1) is 0 Å². The smallest absolute Gasteiger partial charge is 0.270 e. The van der Waals surface area contributed by atoms with Gasteiger partial charge in [-0.2, -0.15) is 0 Å². The summed E-state index contributed by atoms with van der Waals surface area (Å²) in [5.41, 5.74) is 2.05. The van der Waals surface area contributed by atoms with Crippen molar-refractivity contribution in [3.8, 4) is 23.0 Å². The van der Waals surface area contributed by atoms with E-state index in [9.17, 15) is 9.59 Å². The molecule has 39 heavy (non-hydrogen) atoms. The maximum absolute atomic E-state index is 13.4. The normalized spacial score (nSPS) is 14.2. The van der Waals surface area contributed by atoms with Gasteiger partial charge in [0, 0.05) is 0 Å². The molecule has 0 unspecified atom stereocenters. The van der Waals surface area contributed by atoms with Crippen LogP contribution < -0.4 is 24.4 Å². The molecule has 1 saturated heterocycles. The van der Waals surface area contributed by atoms with E-state index < -0.39 is 11.8 Å². The number of amides is 2. The van der Waals surface area contributed by atoms with Crippen LogP contribution in [0.25, 0.3) is 6.08 Å². The SMILES string of the molecule is COc1cc(C=C2C(=O)NC(=S)N(c3ccc(Oc4ccccc4)cc3)C2=O)ccc1OCc1ccccc1. The Morgan fingerprint density at radius 2 is 1.49 bits per heavy atom. The predicted molar refractivity (Wildman–Crippen MR) is 153 cm³/mol. The van der Waals surface area contributed by atoms with Gasteiger partial charge in [-0.25, -0.2) is 0 Å². The second-order valence-corrected chi connectivity index (χ2v) is 8.94. The van der Waals surface area contributed by atoms with Crippen LogP contribution in [-0.2, 0) is 16.2 Å². The molecule has 0 radical (unpaired) electrons. The molecule has 1 fully saturated rings. The molecule has 2 amide bonds. The fourth-order valence-electron chi connectivity index (χ4n) is 3.98. The summed E-state index contributed by atoms with van der Waals surface area (Å²) in [7, 11) is 1.53. The Morgan fingerprint density at radius 1 is 0.821 bits per heavy atom. The Bertz CT molecular complexity index is 1540. The monoisotopic (exact) mass is 536 g/mol. The van der Waals surface area contributed by atoms with E-state index >= 15 is 0 Å². The Labute approximate surface area is 231 Å². The van der Waals surface area contributed by atoms with Crippen LogP contribution >= 0.6 is 12.2 Å². The van der Waals surface area contributed by atoms with Gasteiger partial charge in [-0.1, -0.05) is 54.6 Å². The molecule has 0 atom stereocenters. The fraction of sp³-hybridized carbons (Fsp3) is 0.0645. The molecule has 1 aliphatic rings. The van der Waals surface area contributed by atoms with E-state index in [1.165, 1.54) is 18.1 Å².